The molecule has 0 unspecified atom stereocenters. The number of carbonyl (C=O) groups is 1. The third-order valence-corrected chi connectivity index (χ3v) is 4.39. The lowest BCUT2D eigenvalue weighted by Gasteiger charge is -2.28. The van der Waals surface area contributed by atoms with Crippen LogP contribution in [-0.4, -0.2) is 29.6 Å². The zero-order valence-electron chi connectivity index (χ0n) is 12.9. The van der Waals surface area contributed by atoms with Crippen molar-refractivity contribution < 1.29 is 9.90 Å². The van der Waals surface area contributed by atoms with Gasteiger partial charge in [-0.15, -0.1) is 0 Å². The van der Waals surface area contributed by atoms with Crippen LogP contribution in [0.4, 0.5) is 0 Å². The second-order valence-corrected chi connectivity index (χ2v) is 6.20. The second kappa shape index (κ2) is 8.34. The van der Waals surface area contributed by atoms with Crippen LogP contribution in [0.5, 0.6) is 0 Å². The van der Waals surface area contributed by atoms with Crippen LogP contribution in [0, 0.1) is 0 Å². The van der Waals surface area contributed by atoms with Crippen molar-refractivity contribution in [1.82, 2.24) is 4.90 Å². The van der Waals surface area contributed by atoms with E-state index in [1.165, 1.54) is 0 Å². The Morgan fingerprint density at radius 3 is 2.48 bits per heavy atom. The molecule has 0 spiro atoms. The van der Waals surface area contributed by atoms with Crippen LogP contribution >= 0.6 is 23.2 Å². The van der Waals surface area contributed by atoms with Gasteiger partial charge < -0.3 is 10.0 Å². The van der Waals surface area contributed by atoms with Crippen molar-refractivity contribution in [1.29, 1.82) is 0 Å². The SMILES string of the molecule is CN(C(=O)Cc1ccc(Cl)cc1Cl)[C@@H](CCO)c1ccccc1. The van der Waals surface area contributed by atoms with E-state index in [-0.39, 0.29) is 25.0 Å². The smallest absolute Gasteiger partial charge is 0.227 e. The molecule has 0 aliphatic carbocycles. The number of halogens is 2. The first-order valence-electron chi connectivity index (χ1n) is 7.38. The van der Waals surface area contributed by atoms with Gasteiger partial charge in [0.2, 0.25) is 5.91 Å². The highest BCUT2D eigenvalue weighted by molar-refractivity contribution is 6.35. The predicted octanol–water partition coefficient (Wildman–Crippen LogP) is 4.12. The van der Waals surface area contributed by atoms with Gasteiger partial charge in [-0.1, -0.05) is 59.6 Å². The predicted molar refractivity (Wildman–Crippen MR) is 93.8 cm³/mol. The van der Waals surface area contributed by atoms with Crippen LogP contribution in [-0.2, 0) is 11.2 Å². The second-order valence-electron chi connectivity index (χ2n) is 5.36. The van der Waals surface area contributed by atoms with Crippen molar-refractivity contribution in [2.24, 2.45) is 0 Å². The zero-order valence-corrected chi connectivity index (χ0v) is 14.4. The maximum atomic E-state index is 12.6. The monoisotopic (exact) mass is 351 g/mol. The van der Waals surface area contributed by atoms with Crippen molar-refractivity contribution in [2.75, 3.05) is 13.7 Å². The van der Waals surface area contributed by atoms with E-state index in [4.69, 9.17) is 23.2 Å². The summed E-state index contributed by atoms with van der Waals surface area (Å²) < 4.78 is 0. The number of hydrogen-bond donors (Lipinski definition) is 1. The summed E-state index contributed by atoms with van der Waals surface area (Å²) in [5.41, 5.74) is 1.74. The van der Waals surface area contributed by atoms with Gasteiger partial charge in [0, 0.05) is 23.7 Å². The van der Waals surface area contributed by atoms with E-state index in [0.29, 0.717) is 16.5 Å². The zero-order chi connectivity index (χ0) is 16.8. The number of aliphatic hydroxyl groups is 1. The Kier molecular flexibility index (Phi) is 6.46. The summed E-state index contributed by atoms with van der Waals surface area (Å²) in [4.78, 5) is 14.3. The summed E-state index contributed by atoms with van der Waals surface area (Å²) in [6.07, 6.45) is 0.682. The van der Waals surface area contributed by atoms with Gasteiger partial charge in [-0.3, -0.25) is 4.79 Å². The summed E-state index contributed by atoms with van der Waals surface area (Å²) in [6.45, 7) is 0.0128. The maximum absolute atomic E-state index is 12.6. The van der Waals surface area contributed by atoms with Gasteiger partial charge in [-0.05, 0) is 29.7 Å². The first-order chi connectivity index (χ1) is 11.0. The summed E-state index contributed by atoms with van der Waals surface area (Å²) in [5.74, 6) is -0.0588. The lowest BCUT2D eigenvalue weighted by Crippen LogP contribution is -2.33. The minimum atomic E-state index is -0.167. The van der Waals surface area contributed by atoms with Crippen LogP contribution in [0.1, 0.15) is 23.6 Å². The molecule has 1 atom stereocenters. The summed E-state index contributed by atoms with van der Waals surface area (Å²) in [6, 6.07) is 14.6. The molecule has 0 aliphatic heterocycles. The Morgan fingerprint density at radius 1 is 1.17 bits per heavy atom. The molecule has 2 aromatic rings. The minimum Gasteiger partial charge on any atom is -0.396 e. The van der Waals surface area contributed by atoms with Crippen molar-refractivity contribution in [2.45, 2.75) is 18.9 Å². The Labute approximate surface area is 146 Å². The van der Waals surface area contributed by atoms with Crippen LogP contribution in [0.15, 0.2) is 48.5 Å². The molecule has 2 rings (SSSR count). The van der Waals surface area contributed by atoms with Gasteiger partial charge in [0.15, 0.2) is 0 Å². The van der Waals surface area contributed by atoms with Gasteiger partial charge in [-0.2, -0.15) is 0 Å². The Bertz CT molecular complexity index is 661. The Balaban J connectivity index is 2.16. The summed E-state index contributed by atoms with van der Waals surface area (Å²) >= 11 is 12.0. The Morgan fingerprint density at radius 2 is 1.87 bits per heavy atom. The molecule has 0 aliphatic rings. The van der Waals surface area contributed by atoms with E-state index in [1.54, 1.807) is 30.1 Å². The molecule has 0 saturated heterocycles. The fraction of sp³-hybridized carbons (Fsp3) is 0.278. The number of carbonyl (C=O) groups excluding carboxylic acids is 1. The standard InChI is InChI=1S/C18H19Cl2NO2/c1-21(17(9-10-22)13-5-3-2-4-6-13)18(23)11-14-7-8-15(19)12-16(14)20/h2-8,12,17,22H,9-11H2,1H3/t17-/m0/s1. The highest BCUT2D eigenvalue weighted by Gasteiger charge is 2.21. The molecule has 5 heteroatoms. The quantitative estimate of drug-likeness (QED) is 0.850. The molecule has 0 saturated carbocycles. The van der Waals surface area contributed by atoms with E-state index in [2.05, 4.69) is 0 Å². The highest BCUT2D eigenvalue weighted by atomic mass is 35.5. The van der Waals surface area contributed by atoms with Crippen molar-refractivity contribution in [3.63, 3.8) is 0 Å². The van der Waals surface area contributed by atoms with Crippen molar-refractivity contribution in [3.8, 4) is 0 Å². The van der Waals surface area contributed by atoms with Crippen LogP contribution in [0.25, 0.3) is 0 Å². The molecule has 0 heterocycles. The number of benzene rings is 2. The number of hydrogen-bond acceptors (Lipinski definition) is 2. The molecule has 0 radical (unpaired) electrons. The topological polar surface area (TPSA) is 40.5 Å². The van der Waals surface area contributed by atoms with Gasteiger partial charge in [-0.25, -0.2) is 0 Å². The number of aliphatic hydroxyl groups excluding tert-OH is 1. The number of rotatable bonds is 6. The molecule has 3 nitrogen and oxygen atoms in total. The number of nitrogens with zero attached hydrogens (tertiary/aromatic N) is 1. The number of amides is 1. The highest BCUT2D eigenvalue weighted by Crippen LogP contribution is 2.26. The molecule has 2 aromatic carbocycles. The molecular formula is C18H19Cl2NO2. The molecular weight excluding hydrogens is 333 g/mol. The fourth-order valence-corrected chi connectivity index (χ4v) is 2.98. The molecule has 23 heavy (non-hydrogen) atoms. The van der Waals surface area contributed by atoms with Crippen LogP contribution in [0.3, 0.4) is 0 Å². The first-order valence-corrected chi connectivity index (χ1v) is 8.14. The first kappa shape index (κ1) is 17.8. The molecule has 1 N–H and O–H groups in total. The van der Waals surface area contributed by atoms with E-state index in [1.807, 2.05) is 30.3 Å². The average Bonchev–Trinajstić information content (AvgIpc) is 2.55. The fourth-order valence-electron chi connectivity index (χ4n) is 2.51. The van der Waals surface area contributed by atoms with E-state index >= 15 is 0 Å². The maximum Gasteiger partial charge on any atom is 0.227 e. The van der Waals surface area contributed by atoms with Crippen LogP contribution in [0.2, 0.25) is 10.0 Å². The number of likely N-dealkylation sites (N-methyl/N-ethyl adjacent to an activating group) is 1. The molecule has 122 valence electrons. The molecule has 0 fully saturated rings. The lowest BCUT2D eigenvalue weighted by atomic mass is 10.0. The van der Waals surface area contributed by atoms with Crippen molar-refractivity contribution >= 4 is 29.1 Å². The van der Waals surface area contributed by atoms with Gasteiger partial charge in [0.25, 0.3) is 0 Å². The normalized spacial score (nSPS) is 12.0. The van der Waals surface area contributed by atoms with Crippen molar-refractivity contribution in [3.05, 3.63) is 69.7 Å². The lowest BCUT2D eigenvalue weighted by molar-refractivity contribution is -0.131. The van der Waals surface area contributed by atoms with Crippen LogP contribution < -0.4 is 0 Å². The Hall–Kier alpha value is -1.55. The third-order valence-electron chi connectivity index (χ3n) is 3.80. The largest absolute Gasteiger partial charge is 0.396 e. The molecule has 0 aromatic heterocycles. The minimum absolute atomic E-state index is 0.0128. The van der Waals surface area contributed by atoms with E-state index in [9.17, 15) is 9.90 Å². The molecule has 0 bridgehead atoms. The summed E-state index contributed by atoms with van der Waals surface area (Å²) in [7, 11) is 1.75. The summed E-state index contributed by atoms with van der Waals surface area (Å²) in [5, 5.41) is 10.3. The third kappa shape index (κ3) is 4.71. The van der Waals surface area contributed by atoms with Gasteiger partial charge >= 0.3 is 0 Å². The van der Waals surface area contributed by atoms with Gasteiger partial charge in [0.05, 0.1) is 12.5 Å². The molecule has 1 amide bonds. The van der Waals surface area contributed by atoms with Gasteiger partial charge in [0.1, 0.15) is 0 Å². The van der Waals surface area contributed by atoms with E-state index in [0.717, 1.165) is 11.1 Å². The van der Waals surface area contributed by atoms with E-state index < -0.39 is 0 Å². The average molecular weight is 352 g/mol.